The molecule has 0 bridgehead atoms. The Bertz CT molecular complexity index is 652. The van der Waals surface area contributed by atoms with Crippen LogP contribution in [-0.2, 0) is 0 Å². The predicted octanol–water partition coefficient (Wildman–Crippen LogP) is 8.00. The lowest BCUT2D eigenvalue weighted by Crippen LogP contribution is -2.26. The van der Waals surface area contributed by atoms with Crippen molar-refractivity contribution in [3.8, 4) is 0 Å². The van der Waals surface area contributed by atoms with E-state index >= 15 is 0 Å². The number of nitrogens with zero attached hydrogens (tertiary/aromatic N) is 4. The quantitative estimate of drug-likeness (QED) is 0.312. The van der Waals surface area contributed by atoms with E-state index < -0.39 is 45.0 Å². The van der Waals surface area contributed by atoms with Crippen LogP contribution >= 0.6 is 28.8 Å². The summed E-state index contributed by atoms with van der Waals surface area (Å²) in [7, 11) is -9.07. The van der Waals surface area contributed by atoms with Crippen molar-refractivity contribution in [1.82, 2.24) is 0 Å². The van der Waals surface area contributed by atoms with Gasteiger partial charge in [-0.05, 0) is 51.6 Å². The third-order valence-corrected chi connectivity index (χ3v) is 28.7. The molecule has 1 aliphatic rings. The SMILES string of the molecule is C[Si](C)(C)CP1(C)=NP(C)(C)=NP(C)(C[Si](C)(C)C)=NP(C)(C)=N1. The van der Waals surface area contributed by atoms with E-state index in [1.165, 1.54) is 11.6 Å². The highest BCUT2D eigenvalue weighted by Gasteiger charge is 2.31. The Morgan fingerprint density at radius 2 is 0.750 bits per heavy atom. The Morgan fingerprint density at radius 3 is 0.958 bits per heavy atom. The fourth-order valence-corrected chi connectivity index (χ4v) is 38.5. The molecule has 0 saturated carbocycles. The van der Waals surface area contributed by atoms with Gasteiger partial charge < -0.3 is 0 Å². The van der Waals surface area contributed by atoms with Crippen LogP contribution in [0.5, 0.6) is 0 Å². The second-order valence-electron chi connectivity index (χ2n) is 10.6. The van der Waals surface area contributed by atoms with Gasteiger partial charge in [0.25, 0.3) is 0 Å². The molecule has 0 aromatic carbocycles. The summed E-state index contributed by atoms with van der Waals surface area (Å²) in [4.78, 5) is 0. The van der Waals surface area contributed by atoms with E-state index in [0.29, 0.717) is 0 Å². The Hall–Kier alpha value is 1.35. The van der Waals surface area contributed by atoms with Gasteiger partial charge in [-0.2, -0.15) is 0 Å². The summed E-state index contributed by atoms with van der Waals surface area (Å²) in [5.74, 6) is 2.42. The van der Waals surface area contributed by atoms with Crippen molar-refractivity contribution in [2.45, 2.75) is 39.3 Å². The fourth-order valence-electron chi connectivity index (χ4n) is 3.88. The van der Waals surface area contributed by atoms with E-state index in [4.69, 9.17) is 18.1 Å². The molecule has 10 heteroatoms. The van der Waals surface area contributed by atoms with Crippen LogP contribution in [0.3, 0.4) is 0 Å². The first-order chi connectivity index (χ1) is 10.2. The highest BCUT2D eigenvalue weighted by Crippen LogP contribution is 2.74. The third kappa shape index (κ3) is 8.36. The van der Waals surface area contributed by atoms with Crippen LogP contribution < -0.4 is 0 Å². The van der Waals surface area contributed by atoms with Crippen LogP contribution in [-0.4, -0.2) is 67.7 Å². The molecule has 0 N–H and O–H groups in total. The minimum atomic E-state index is -1.66. The van der Waals surface area contributed by atoms with Gasteiger partial charge in [0.05, 0.1) is 45.0 Å². The van der Waals surface area contributed by atoms with Crippen molar-refractivity contribution < 1.29 is 0 Å². The second kappa shape index (κ2) is 7.07. The van der Waals surface area contributed by atoms with Crippen LogP contribution in [0.1, 0.15) is 0 Å². The highest BCUT2D eigenvalue weighted by molar-refractivity contribution is 7.87. The number of rotatable bonds is 4. The van der Waals surface area contributed by atoms with Gasteiger partial charge in [-0.3, -0.25) is 0 Å². The lowest BCUT2D eigenvalue weighted by molar-refractivity contribution is 1.54. The Morgan fingerprint density at radius 1 is 0.500 bits per heavy atom. The monoisotopic (exact) mass is 444 g/mol. The molecule has 4 nitrogen and oxygen atoms in total. The van der Waals surface area contributed by atoms with E-state index in [2.05, 4.69) is 79.3 Å². The van der Waals surface area contributed by atoms with Gasteiger partial charge >= 0.3 is 0 Å². The van der Waals surface area contributed by atoms with Crippen molar-refractivity contribution >= 4 is 45.0 Å². The topological polar surface area (TPSA) is 49.4 Å². The molecule has 1 rings (SSSR count). The molecule has 144 valence electrons. The van der Waals surface area contributed by atoms with Crippen LogP contribution in [0, 0.1) is 0 Å². The summed E-state index contributed by atoms with van der Waals surface area (Å²) in [6, 6.07) is 0. The normalized spacial score (nSPS) is 33.2. The standard InChI is InChI=1S/C14H40N4P4Si2/c1-19(2)15-21(5,13-23(7,8)9)17-20(3,4)18-22(6,16-19)14-24(10,11)12/h13-14H2,1-12H3. The van der Waals surface area contributed by atoms with Gasteiger partial charge in [0.15, 0.2) is 0 Å². The summed E-state index contributed by atoms with van der Waals surface area (Å²) in [5.41, 5.74) is 0. The molecule has 1 heterocycles. The molecule has 0 aliphatic carbocycles. The molecule has 0 fully saturated rings. The second-order valence-corrected chi connectivity index (χ2v) is 36.0. The molecule has 1 aliphatic heterocycles. The number of hydrogen-bond donors (Lipinski definition) is 0. The van der Waals surface area contributed by atoms with E-state index in [-0.39, 0.29) is 0 Å². The van der Waals surface area contributed by atoms with E-state index in [0.717, 1.165) is 0 Å². The molecular weight excluding hydrogens is 404 g/mol. The van der Waals surface area contributed by atoms with Gasteiger partial charge in [0.2, 0.25) is 0 Å². The predicted molar refractivity (Wildman–Crippen MR) is 129 cm³/mol. The maximum Gasteiger partial charge on any atom is 0.0754 e. The van der Waals surface area contributed by atoms with Gasteiger partial charge in [0, 0.05) is 0 Å². The van der Waals surface area contributed by atoms with Gasteiger partial charge in [0.1, 0.15) is 0 Å². The van der Waals surface area contributed by atoms with Crippen molar-refractivity contribution in [2.24, 2.45) is 18.1 Å². The fraction of sp³-hybridized carbons (Fsp3) is 1.00. The molecule has 2 atom stereocenters. The van der Waals surface area contributed by atoms with Crippen molar-refractivity contribution in [2.75, 3.05) is 51.6 Å². The zero-order valence-corrected chi connectivity index (χ0v) is 23.6. The smallest absolute Gasteiger partial charge is 0.0754 e. The highest BCUT2D eigenvalue weighted by atomic mass is 31.3. The average molecular weight is 445 g/mol. The zero-order valence-electron chi connectivity index (χ0n) is 18.0. The minimum absolute atomic E-state index is 1.21. The van der Waals surface area contributed by atoms with E-state index in [1.807, 2.05) is 0 Å². The maximum absolute atomic E-state index is 5.44. The molecule has 0 radical (unpaired) electrons. The largest absolute Gasteiger partial charge is 0.242 e. The van der Waals surface area contributed by atoms with Gasteiger partial charge in [-0.1, -0.05) is 39.3 Å². The first-order valence-electron chi connectivity index (χ1n) is 8.62. The first-order valence-corrected chi connectivity index (χ1v) is 25.9. The Kier molecular flexibility index (Phi) is 6.89. The molecule has 0 aromatic rings. The molecule has 0 aromatic heterocycles. The van der Waals surface area contributed by atoms with Crippen LogP contribution in [0.15, 0.2) is 18.1 Å². The lowest BCUT2D eigenvalue weighted by atomic mass is 11.7. The zero-order chi connectivity index (χ0) is 19.2. The van der Waals surface area contributed by atoms with Gasteiger partial charge in [-0.25, -0.2) is 18.1 Å². The van der Waals surface area contributed by atoms with Crippen molar-refractivity contribution in [3.05, 3.63) is 0 Å². The summed E-state index contributed by atoms with van der Waals surface area (Å²) in [6.45, 7) is 28.5. The molecule has 2 unspecified atom stereocenters. The third-order valence-electron chi connectivity index (χ3n) is 3.19. The summed E-state index contributed by atoms with van der Waals surface area (Å²) in [6.07, 6.45) is 0. The average Bonchev–Trinajstić information content (AvgIpc) is 1.98. The first kappa shape index (κ1) is 23.4. The van der Waals surface area contributed by atoms with Crippen molar-refractivity contribution in [3.63, 3.8) is 0 Å². The van der Waals surface area contributed by atoms with Crippen molar-refractivity contribution in [1.29, 1.82) is 0 Å². The molecule has 0 saturated heterocycles. The van der Waals surface area contributed by atoms with Crippen LogP contribution in [0.4, 0.5) is 0 Å². The van der Waals surface area contributed by atoms with E-state index in [1.54, 1.807) is 0 Å². The molecule has 0 spiro atoms. The van der Waals surface area contributed by atoms with Gasteiger partial charge in [-0.15, -0.1) is 0 Å². The molecular formula is C14H40N4P4Si2. The summed E-state index contributed by atoms with van der Waals surface area (Å²) < 4.78 is 21.8. The summed E-state index contributed by atoms with van der Waals surface area (Å²) >= 11 is 0. The summed E-state index contributed by atoms with van der Waals surface area (Å²) in [5, 5.41) is 0. The number of hydrogen-bond acceptors (Lipinski definition) is 4. The van der Waals surface area contributed by atoms with E-state index in [9.17, 15) is 0 Å². The minimum Gasteiger partial charge on any atom is -0.242 e. The lowest BCUT2D eigenvalue weighted by Gasteiger charge is -2.33. The Labute approximate surface area is 153 Å². The maximum atomic E-state index is 5.44. The van der Waals surface area contributed by atoms with Crippen LogP contribution in [0.2, 0.25) is 39.3 Å². The van der Waals surface area contributed by atoms with Crippen LogP contribution in [0.25, 0.3) is 0 Å². The molecule has 0 amide bonds. The Balaban J connectivity index is 3.68. The molecule has 24 heavy (non-hydrogen) atoms.